The summed E-state index contributed by atoms with van der Waals surface area (Å²) in [6, 6.07) is 3.45. The Bertz CT molecular complexity index is 325. The Labute approximate surface area is 75.9 Å². The van der Waals surface area contributed by atoms with E-state index in [0.717, 1.165) is 0 Å². The van der Waals surface area contributed by atoms with Crippen LogP contribution < -0.4 is 15.2 Å². The van der Waals surface area contributed by atoms with Crippen LogP contribution in [0, 0.1) is 0 Å². The molecule has 0 aliphatic carbocycles. The predicted molar refractivity (Wildman–Crippen MR) is 47.8 cm³/mol. The van der Waals surface area contributed by atoms with Crippen molar-refractivity contribution in [2.24, 2.45) is 0 Å². The fraction of sp³-hybridized carbons (Fsp3) is 0.333. The van der Waals surface area contributed by atoms with Crippen molar-refractivity contribution in [2.45, 2.75) is 6.61 Å². The molecule has 0 fully saturated rings. The smallest absolute Gasteiger partial charge is 0.184 e. The van der Waals surface area contributed by atoms with Crippen LogP contribution in [0.25, 0.3) is 0 Å². The molecule has 0 aromatic heterocycles. The van der Waals surface area contributed by atoms with Gasteiger partial charge in [0.25, 0.3) is 0 Å². The lowest BCUT2D eigenvalue weighted by atomic mass is 10.1. The van der Waals surface area contributed by atoms with Crippen molar-refractivity contribution in [1.29, 1.82) is 0 Å². The topological polar surface area (TPSA) is 64.7 Å². The molecule has 1 heterocycles. The Morgan fingerprint density at radius 3 is 2.62 bits per heavy atom. The van der Waals surface area contributed by atoms with Crippen molar-refractivity contribution in [3.8, 4) is 11.5 Å². The zero-order valence-electron chi connectivity index (χ0n) is 7.12. The Balaban J connectivity index is 2.52. The van der Waals surface area contributed by atoms with Crippen LogP contribution in [0.5, 0.6) is 11.5 Å². The first kappa shape index (κ1) is 8.19. The number of hydrogen-bond acceptors (Lipinski definition) is 4. The Morgan fingerprint density at radius 1 is 1.23 bits per heavy atom. The van der Waals surface area contributed by atoms with Gasteiger partial charge in [0.05, 0.1) is 12.3 Å². The maximum Gasteiger partial charge on any atom is 0.184 e. The molecule has 0 amide bonds. The summed E-state index contributed by atoms with van der Waals surface area (Å²) in [6.07, 6.45) is 0. The molecule has 1 aliphatic rings. The minimum atomic E-state index is -0.0635. The highest BCUT2D eigenvalue weighted by Crippen LogP contribution is 2.38. The number of rotatable bonds is 1. The molecule has 0 atom stereocenters. The van der Waals surface area contributed by atoms with Gasteiger partial charge in [-0.15, -0.1) is 0 Å². The van der Waals surface area contributed by atoms with Gasteiger partial charge in [-0.25, -0.2) is 0 Å². The number of hydrogen-bond donors (Lipinski definition) is 2. The Hall–Kier alpha value is -1.42. The normalized spacial score (nSPS) is 14.2. The fourth-order valence-electron chi connectivity index (χ4n) is 1.34. The number of nitrogen functional groups attached to an aromatic ring is 1. The third kappa shape index (κ3) is 1.29. The predicted octanol–water partition coefficient (Wildman–Crippen LogP) is 0.532. The van der Waals surface area contributed by atoms with Crippen molar-refractivity contribution in [3.05, 3.63) is 17.7 Å². The van der Waals surface area contributed by atoms with E-state index in [1.165, 1.54) is 0 Å². The number of aliphatic hydroxyl groups is 1. The van der Waals surface area contributed by atoms with Crippen molar-refractivity contribution < 1.29 is 14.6 Å². The largest absolute Gasteiger partial charge is 0.486 e. The van der Waals surface area contributed by atoms with Gasteiger partial charge in [-0.3, -0.25) is 0 Å². The molecule has 2 rings (SSSR count). The third-order valence-electron chi connectivity index (χ3n) is 1.97. The second-order valence-electron chi connectivity index (χ2n) is 2.83. The van der Waals surface area contributed by atoms with Crippen LogP contribution in [-0.4, -0.2) is 18.3 Å². The van der Waals surface area contributed by atoms with Crippen LogP contribution in [0.4, 0.5) is 5.69 Å². The molecule has 0 bridgehead atoms. The maximum atomic E-state index is 9.01. The van der Waals surface area contributed by atoms with Crippen LogP contribution in [0.3, 0.4) is 0 Å². The van der Waals surface area contributed by atoms with Gasteiger partial charge in [0, 0.05) is 5.56 Å². The molecular weight excluding hydrogens is 170 g/mol. The second kappa shape index (κ2) is 3.14. The quantitative estimate of drug-likeness (QED) is 0.620. The summed E-state index contributed by atoms with van der Waals surface area (Å²) in [5.74, 6) is 1.13. The molecule has 13 heavy (non-hydrogen) atoms. The first-order valence-corrected chi connectivity index (χ1v) is 4.10. The molecule has 1 aliphatic heterocycles. The lowest BCUT2D eigenvalue weighted by molar-refractivity contribution is 0.166. The van der Waals surface area contributed by atoms with Gasteiger partial charge in [-0.1, -0.05) is 6.07 Å². The number of fused-ring (bicyclic) bond motifs is 1. The first-order chi connectivity index (χ1) is 6.33. The van der Waals surface area contributed by atoms with E-state index < -0.39 is 0 Å². The van der Waals surface area contributed by atoms with E-state index in [4.69, 9.17) is 20.3 Å². The van der Waals surface area contributed by atoms with E-state index in [1.54, 1.807) is 12.1 Å². The number of ether oxygens (including phenoxy) is 2. The number of benzene rings is 1. The summed E-state index contributed by atoms with van der Waals surface area (Å²) in [7, 11) is 0. The van der Waals surface area contributed by atoms with E-state index in [-0.39, 0.29) is 6.61 Å². The van der Waals surface area contributed by atoms with Crippen LogP contribution >= 0.6 is 0 Å². The first-order valence-electron chi connectivity index (χ1n) is 4.10. The molecule has 0 radical (unpaired) electrons. The summed E-state index contributed by atoms with van der Waals surface area (Å²) >= 11 is 0. The molecule has 0 spiro atoms. The van der Waals surface area contributed by atoms with Gasteiger partial charge in [-0.05, 0) is 6.07 Å². The van der Waals surface area contributed by atoms with Gasteiger partial charge >= 0.3 is 0 Å². The molecule has 1 aromatic carbocycles. The van der Waals surface area contributed by atoms with Crippen molar-refractivity contribution in [3.63, 3.8) is 0 Å². The Morgan fingerprint density at radius 2 is 1.92 bits per heavy atom. The molecule has 70 valence electrons. The second-order valence-corrected chi connectivity index (χ2v) is 2.83. The lowest BCUT2D eigenvalue weighted by Crippen LogP contribution is -2.17. The van der Waals surface area contributed by atoms with Gasteiger partial charge in [0.15, 0.2) is 11.5 Å². The van der Waals surface area contributed by atoms with E-state index in [9.17, 15) is 0 Å². The van der Waals surface area contributed by atoms with E-state index in [0.29, 0.717) is 36.0 Å². The highest BCUT2D eigenvalue weighted by Gasteiger charge is 2.17. The average molecular weight is 181 g/mol. The van der Waals surface area contributed by atoms with Gasteiger partial charge < -0.3 is 20.3 Å². The highest BCUT2D eigenvalue weighted by atomic mass is 16.6. The summed E-state index contributed by atoms with van der Waals surface area (Å²) in [6.45, 7) is 0.946. The van der Waals surface area contributed by atoms with Crippen LogP contribution in [0.2, 0.25) is 0 Å². The third-order valence-corrected chi connectivity index (χ3v) is 1.97. The molecule has 0 saturated carbocycles. The minimum Gasteiger partial charge on any atom is -0.486 e. The van der Waals surface area contributed by atoms with Crippen LogP contribution in [0.1, 0.15) is 5.56 Å². The Kier molecular flexibility index (Phi) is 1.98. The average Bonchev–Trinajstić information content (AvgIpc) is 2.19. The van der Waals surface area contributed by atoms with E-state index in [1.807, 2.05) is 0 Å². The molecule has 3 N–H and O–H groups in total. The van der Waals surface area contributed by atoms with Crippen molar-refractivity contribution >= 4 is 5.69 Å². The van der Waals surface area contributed by atoms with Crippen molar-refractivity contribution in [1.82, 2.24) is 0 Å². The van der Waals surface area contributed by atoms with Gasteiger partial charge in [0.1, 0.15) is 13.2 Å². The molecular formula is C9H11NO3. The van der Waals surface area contributed by atoms with E-state index >= 15 is 0 Å². The highest BCUT2D eigenvalue weighted by molar-refractivity contribution is 5.63. The van der Waals surface area contributed by atoms with Crippen molar-refractivity contribution in [2.75, 3.05) is 18.9 Å². The number of anilines is 1. The molecule has 1 aromatic rings. The zero-order valence-corrected chi connectivity index (χ0v) is 7.12. The minimum absolute atomic E-state index is 0.0635. The standard InChI is InChI=1S/C9H11NO3/c10-7-2-1-6(5-11)8-9(7)13-4-3-12-8/h1-2,11H,3-5,10H2. The SMILES string of the molecule is Nc1ccc(CO)c2c1OCCO2. The fourth-order valence-corrected chi connectivity index (χ4v) is 1.34. The summed E-state index contributed by atoms with van der Waals surface area (Å²) in [5.41, 5.74) is 6.94. The molecule has 0 unspecified atom stereocenters. The summed E-state index contributed by atoms with van der Waals surface area (Å²) in [4.78, 5) is 0. The molecule has 4 nitrogen and oxygen atoms in total. The van der Waals surface area contributed by atoms with Crippen LogP contribution in [-0.2, 0) is 6.61 Å². The maximum absolute atomic E-state index is 9.01. The molecule has 0 saturated heterocycles. The van der Waals surface area contributed by atoms with Crippen LogP contribution in [0.15, 0.2) is 12.1 Å². The number of aliphatic hydroxyl groups excluding tert-OH is 1. The van der Waals surface area contributed by atoms with Gasteiger partial charge in [0.2, 0.25) is 0 Å². The van der Waals surface area contributed by atoms with Gasteiger partial charge in [-0.2, -0.15) is 0 Å². The summed E-state index contributed by atoms with van der Waals surface area (Å²) < 4.78 is 10.7. The summed E-state index contributed by atoms with van der Waals surface area (Å²) in [5, 5.41) is 9.01. The monoisotopic (exact) mass is 181 g/mol. The zero-order chi connectivity index (χ0) is 9.26. The van der Waals surface area contributed by atoms with E-state index in [2.05, 4.69) is 0 Å². The lowest BCUT2D eigenvalue weighted by Gasteiger charge is -2.21. The number of nitrogens with two attached hydrogens (primary N) is 1. The molecule has 4 heteroatoms.